The van der Waals surface area contributed by atoms with Gasteiger partial charge in [-0.15, -0.1) is 0 Å². The van der Waals surface area contributed by atoms with Gasteiger partial charge in [0.1, 0.15) is 17.7 Å². The molecular formula is C11H11BrF2N2O4. The number of anilines is 1. The van der Waals surface area contributed by atoms with Crippen LogP contribution in [-0.4, -0.2) is 34.9 Å². The highest BCUT2D eigenvalue weighted by Gasteiger charge is 2.20. The molecule has 0 spiro atoms. The van der Waals surface area contributed by atoms with Crippen molar-refractivity contribution in [3.05, 3.63) is 28.2 Å². The van der Waals surface area contributed by atoms with Crippen LogP contribution in [0.5, 0.6) is 0 Å². The van der Waals surface area contributed by atoms with E-state index in [4.69, 9.17) is 10.2 Å². The van der Waals surface area contributed by atoms with E-state index in [1.165, 1.54) is 0 Å². The number of aliphatic hydroxyl groups is 1. The van der Waals surface area contributed by atoms with E-state index in [2.05, 4.69) is 21.2 Å². The number of amides is 2. The van der Waals surface area contributed by atoms with Gasteiger partial charge in [-0.25, -0.2) is 18.4 Å². The highest BCUT2D eigenvalue weighted by atomic mass is 79.9. The number of nitrogens with one attached hydrogen (secondary N) is 2. The van der Waals surface area contributed by atoms with E-state index in [0.29, 0.717) is 6.07 Å². The van der Waals surface area contributed by atoms with Crippen molar-refractivity contribution in [2.24, 2.45) is 0 Å². The monoisotopic (exact) mass is 352 g/mol. The summed E-state index contributed by atoms with van der Waals surface area (Å²) in [6.07, 6.45) is -0.196. The number of carbonyl (C=O) groups is 2. The summed E-state index contributed by atoms with van der Waals surface area (Å²) in [5, 5.41) is 21.5. The molecular weight excluding hydrogens is 342 g/mol. The van der Waals surface area contributed by atoms with Crippen molar-refractivity contribution in [3.63, 3.8) is 0 Å². The van der Waals surface area contributed by atoms with Gasteiger partial charge in [0.2, 0.25) is 0 Å². The number of carboxylic acid groups (broad SMARTS) is 1. The number of hydrogen-bond donors (Lipinski definition) is 4. The lowest BCUT2D eigenvalue weighted by molar-refractivity contribution is -0.139. The van der Waals surface area contributed by atoms with Crippen molar-refractivity contribution in [2.45, 2.75) is 12.5 Å². The van der Waals surface area contributed by atoms with Crippen LogP contribution in [0.2, 0.25) is 0 Å². The molecule has 0 heterocycles. The molecule has 1 aromatic carbocycles. The van der Waals surface area contributed by atoms with E-state index < -0.39 is 36.3 Å². The number of hydrogen-bond acceptors (Lipinski definition) is 3. The number of aliphatic hydroxyl groups excluding tert-OH is 1. The molecule has 2 amide bonds. The van der Waals surface area contributed by atoms with Gasteiger partial charge in [0.05, 0.1) is 10.2 Å². The third-order valence-electron chi connectivity index (χ3n) is 2.28. The molecule has 1 atom stereocenters. The third-order valence-corrected chi connectivity index (χ3v) is 2.89. The molecule has 0 saturated heterocycles. The zero-order chi connectivity index (χ0) is 15.3. The molecule has 0 aliphatic carbocycles. The molecule has 0 aliphatic heterocycles. The van der Waals surface area contributed by atoms with Gasteiger partial charge in [-0.05, 0) is 22.0 Å². The molecule has 0 aliphatic rings. The molecule has 0 unspecified atom stereocenters. The Hall–Kier alpha value is -1.74. The van der Waals surface area contributed by atoms with E-state index in [-0.39, 0.29) is 16.6 Å². The van der Waals surface area contributed by atoms with Crippen LogP contribution in [0.3, 0.4) is 0 Å². The van der Waals surface area contributed by atoms with Crippen molar-refractivity contribution in [2.75, 3.05) is 11.9 Å². The normalized spacial score (nSPS) is 11.8. The number of carbonyl (C=O) groups excluding carboxylic acids is 1. The van der Waals surface area contributed by atoms with Gasteiger partial charge in [0, 0.05) is 19.1 Å². The summed E-state index contributed by atoms with van der Waals surface area (Å²) in [6, 6.07) is -0.719. The number of benzene rings is 1. The van der Waals surface area contributed by atoms with Crippen LogP contribution < -0.4 is 10.6 Å². The van der Waals surface area contributed by atoms with Gasteiger partial charge in [-0.3, -0.25) is 0 Å². The topological polar surface area (TPSA) is 98.7 Å². The Balaban J connectivity index is 2.75. The van der Waals surface area contributed by atoms with Gasteiger partial charge < -0.3 is 20.8 Å². The lowest BCUT2D eigenvalue weighted by Gasteiger charge is -2.14. The maximum atomic E-state index is 13.4. The molecule has 0 radical (unpaired) electrons. The fourth-order valence-corrected chi connectivity index (χ4v) is 1.66. The minimum Gasteiger partial charge on any atom is -0.480 e. The van der Waals surface area contributed by atoms with Gasteiger partial charge in [0.25, 0.3) is 0 Å². The highest BCUT2D eigenvalue weighted by molar-refractivity contribution is 9.10. The van der Waals surface area contributed by atoms with Crippen LogP contribution in [0.25, 0.3) is 0 Å². The van der Waals surface area contributed by atoms with Crippen LogP contribution in [0, 0.1) is 11.6 Å². The average molecular weight is 353 g/mol. The van der Waals surface area contributed by atoms with E-state index >= 15 is 0 Å². The van der Waals surface area contributed by atoms with Crippen molar-refractivity contribution < 1.29 is 28.6 Å². The van der Waals surface area contributed by atoms with Gasteiger partial charge in [0.15, 0.2) is 0 Å². The number of rotatable bonds is 5. The van der Waals surface area contributed by atoms with Crippen LogP contribution >= 0.6 is 15.9 Å². The summed E-state index contributed by atoms with van der Waals surface area (Å²) in [4.78, 5) is 22.3. The molecule has 110 valence electrons. The highest BCUT2D eigenvalue weighted by Crippen LogP contribution is 2.23. The summed E-state index contributed by atoms with van der Waals surface area (Å²) in [7, 11) is 0. The predicted molar refractivity (Wildman–Crippen MR) is 69.3 cm³/mol. The number of urea groups is 1. The maximum Gasteiger partial charge on any atom is 0.326 e. The second-order valence-electron chi connectivity index (χ2n) is 3.75. The van der Waals surface area contributed by atoms with Gasteiger partial charge in [-0.2, -0.15) is 0 Å². The molecule has 4 N–H and O–H groups in total. The molecule has 6 nitrogen and oxygen atoms in total. The van der Waals surface area contributed by atoms with Crippen molar-refractivity contribution in [1.29, 1.82) is 0 Å². The number of carboxylic acids is 1. The fourth-order valence-electron chi connectivity index (χ4n) is 1.32. The average Bonchev–Trinajstić information content (AvgIpc) is 2.35. The molecule has 1 aromatic rings. The first-order valence-corrected chi connectivity index (χ1v) is 6.20. The van der Waals surface area contributed by atoms with Crippen LogP contribution in [0.4, 0.5) is 19.3 Å². The number of halogens is 3. The first-order chi connectivity index (χ1) is 9.35. The van der Waals surface area contributed by atoms with Gasteiger partial charge in [-0.1, -0.05) is 0 Å². The second-order valence-corrected chi connectivity index (χ2v) is 4.60. The van der Waals surface area contributed by atoms with Crippen LogP contribution in [0.15, 0.2) is 16.6 Å². The van der Waals surface area contributed by atoms with Crippen LogP contribution in [0.1, 0.15) is 6.42 Å². The minimum atomic E-state index is -1.34. The molecule has 1 rings (SSSR count). The zero-order valence-corrected chi connectivity index (χ0v) is 11.6. The predicted octanol–water partition coefficient (Wildman–Crippen LogP) is 1.68. The SMILES string of the molecule is O=C(Nc1cc(Br)c(F)cc1F)N[C@@H](CCO)C(=O)O. The fraction of sp³-hybridized carbons (Fsp3) is 0.273. The zero-order valence-electron chi connectivity index (χ0n) is 9.99. The van der Waals surface area contributed by atoms with Crippen molar-refractivity contribution >= 4 is 33.6 Å². The van der Waals surface area contributed by atoms with Crippen LogP contribution in [-0.2, 0) is 4.79 Å². The van der Waals surface area contributed by atoms with Crippen molar-refractivity contribution in [3.8, 4) is 0 Å². The first kappa shape index (κ1) is 16.3. The Morgan fingerprint density at radius 2 is 1.95 bits per heavy atom. The Bertz CT molecular complexity index is 527. The summed E-state index contributed by atoms with van der Waals surface area (Å²) >= 11 is 2.83. The molecule has 20 heavy (non-hydrogen) atoms. The van der Waals surface area contributed by atoms with E-state index in [1.54, 1.807) is 0 Å². The Morgan fingerprint density at radius 1 is 1.30 bits per heavy atom. The molecule has 0 fully saturated rings. The van der Waals surface area contributed by atoms with E-state index in [0.717, 1.165) is 6.07 Å². The lowest BCUT2D eigenvalue weighted by atomic mass is 10.2. The summed E-state index contributed by atoms with van der Waals surface area (Å²) in [5.41, 5.74) is -0.316. The number of aliphatic carboxylic acids is 1. The molecule has 9 heteroatoms. The first-order valence-electron chi connectivity index (χ1n) is 5.41. The Morgan fingerprint density at radius 3 is 2.50 bits per heavy atom. The summed E-state index contributed by atoms with van der Waals surface area (Å²) in [5.74, 6) is -3.18. The minimum absolute atomic E-state index is 0.0562. The molecule has 0 aromatic heterocycles. The smallest absolute Gasteiger partial charge is 0.326 e. The maximum absolute atomic E-state index is 13.4. The molecule has 0 saturated carbocycles. The van der Waals surface area contributed by atoms with E-state index in [9.17, 15) is 18.4 Å². The summed E-state index contributed by atoms with van der Waals surface area (Å²) in [6.45, 7) is -0.437. The van der Waals surface area contributed by atoms with Crippen molar-refractivity contribution in [1.82, 2.24) is 5.32 Å². The molecule has 0 bridgehead atoms. The summed E-state index contributed by atoms with van der Waals surface area (Å²) < 4.78 is 26.3. The van der Waals surface area contributed by atoms with Gasteiger partial charge >= 0.3 is 12.0 Å². The Kier molecular flexibility index (Phi) is 5.83. The largest absolute Gasteiger partial charge is 0.480 e. The quantitative estimate of drug-likeness (QED) is 0.606. The lowest BCUT2D eigenvalue weighted by Crippen LogP contribution is -2.43. The second kappa shape index (κ2) is 7.15. The van der Waals surface area contributed by atoms with E-state index in [1.807, 2.05) is 5.32 Å². The third kappa shape index (κ3) is 4.42. The Labute approximate surface area is 120 Å². The standard InChI is InChI=1S/C11H11BrF2N2O4/c12-5-3-9(7(14)4-6(5)13)16-11(20)15-8(1-2-17)10(18)19/h3-4,8,17H,1-2H2,(H,18,19)(H2,15,16,20)/t8-/m0/s1.